The first-order valence-corrected chi connectivity index (χ1v) is 11.7. The molecule has 0 aromatic rings. The zero-order chi connectivity index (χ0) is 21.0. The fourth-order valence-corrected chi connectivity index (χ4v) is 7.95. The Morgan fingerprint density at radius 2 is 1.86 bits per heavy atom. The van der Waals surface area contributed by atoms with E-state index in [9.17, 15) is 23.4 Å². The number of allylic oxidation sites excluding steroid dienone is 1. The number of aliphatic hydroxyl groups excluding tert-OH is 2. The average Bonchev–Trinajstić information content (AvgIpc) is 2.98. The first-order chi connectivity index (χ1) is 13.6. The second-order valence-electron chi connectivity index (χ2n) is 11.0. The van der Waals surface area contributed by atoms with Crippen LogP contribution in [0.15, 0.2) is 11.6 Å². The SMILES string of the molecule is CC12CCC(O)CC1=CCC1C2CCC2(C)C(CCCC(O)C(F)(F)F)CCC12. The van der Waals surface area contributed by atoms with Gasteiger partial charge in [-0.25, -0.2) is 0 Å². The molecule has 4 rings (SSSR count). The Morgan fingerprint density at radius 1 is 1.10 bits per heavy atom. The number of hydrogen-bond donors (Lipinski definition) is 2. The van der Waals surface area contributed by atoms with Crippen molar-refractivity contribution in [1.82, 2.24) is 0 Å². The Balaban J connectivity index is 1.43. The van der Waals surface area contributed by atoms with Gasteiger partial charge < -0.3 is 10.2 Å². The summed E-state index contributed by atoms with van der Waals surface area (Å²) >= 11 is 0. The smallest absolute Gasteiger partial charge is 0.393 e. The van der Waals surface area contributed by atoms with Crippen LogP contribution < -0.4 is 0 Å². The van der Waals surface area contributed by atoms with E-state index >= 15 is 0 Å². The van der Waals surface area contributed by atoms with Crippen LogP contribution in [0.3, 0.4) is 0 Å². The molecule has 0 aliphatic heterocycles. The van der Waals surface area contributed by atoms with Gasteiger partial charge in [-0.3, -0.25) is 0 Å². The highest BCUT2D eigenvalue weighted by Gasteiger charge is 2.58. The molecule has 2 N–H and O–H groups in total. The molecule has 0 bridgehead atoms. The maximum absolute atomic E-state index is 12.6. The maximum Gasteiger partial charge on any atom is 0.414 e. The van der Waals surface area contributed by atoms with E-state index in [0.717, 1.165) is 38.5 Å². The van der Waals surface area contributed by atoms with Gasteiger partial charge in [0.2, 0.25) is 0 Å². The summed E-state index contributed by atoms with van der Waals surface area (Å²) in [5.74, 6) is 2.53. The number of aliphatic hydroxyl groups is 2. The van der Waals surface area contributed by atoms with Gasteiger partial charge in [-0.05, 0) is 98.7 Å². The molecule has 166 valence electrons. The molecule has 0 radical (unpaired) electrons. The molecule has 2 nitrogen and oxygen atoms in total. The van der Waals surface area contributed by atoms with Gasteiger partial charge in [0.05, 0.1) is 6.10 Å². The van der Waals surface area contributed by atoms with Gasteiger partial charge in [-0.1, -0.05) is 31.9 Å². The summed E-state index contributed by atoms with van der Waals surface area (Å²) in [5.41, 5.74) is 1.95. The van der Waals surface area contributed by atoms with Crippen molar-refractivity contribution in [3.63, 3.8) is 0 Å². The Morgan fingerprint density at radius 3 is 2.59 bits per heavy atom. The number of fused-ring (bicyclic) bond motifs is 5. The van der Waals surface area contributed by atoms with E-state index in [1.165, 1.54) is 24.8 Å². The van der Waals surface area contributed by atoms with Crippen molar-refractivity contribution < 1.29 is 23.4 Å². The first kappa shape index (κ1) is 21.7. The molecule has 8 unspecified atom stereocenters. The molecule has 4 aliphatic rings. The van der Waals surface area contributed by atoms with Gasteiger partial charge in [0.25, 0.3) is 0 Å². The summed E-state index contributed by atoms with van der Waals surface area (Å²) in [6.45, 7) is 4.83. The molecule has 0 aromatic carbocycles. The highest BCUT2D eigenvalue weighted by Crippen LogP contribution is 2.66. The zero-order valence-electron chi connectivity index (χ0n) is 17.8. The third kappa shape index (κ3) is 3.69. The molecule has 0 spiro atoms. The van der Waals surface area contributed by atoms with Gasteiger partial charge in [0.1, 0.15) is 6.10 Å². The lowest BCUT2D eigenvalue weighted by Crippen LogP contribution is -2.50. The first-order valence-electron chi connectivity index (χ1n) is 11.7. The van der Waals surface area contributed by atoms with Crippen molar-refractivity contribution in [2.24, 2.45) is 34.5 Å². The summed E-state index contributed by atoms with van der Waals surface area (Å²) in [5, 5.41) is 19.4. The summed E-state index contributed by atoms with van der Waals surface area (Å²) in [6.07, 6.45) is 5.35. The minimum Gasteiger partial charge on any atom is -0.393 e. The predicted octanol–water partition coefficient (Wildman–Crippen LogP) is 6.02. The van der Waals surface area contributed by atoms with Gasteiger partial charge in [0.15, 0.2) is 0 Å². The van der Waals surface area contributed by atoms with Crippen LogP contribution in [0.5, 0.6) is 0 Å². The van der Waals surface area contributed by atoms with E-state index in [4.69, 9.17) is 0 Å². The minimum absolute atomic E-state index is 0.167. The van der Waals surface area contributed by atoms with E-state index in [1.54, 1.807) is 0 Å². The van der Waals surface area contributed by atoms with Crippen molar-refractivity contribution >= 4 is 0 Å². The van der Waals surface area contributed by atoms with Crippen LogP contribution in [-0.4, -0.2) is 28.6 Å². The van der Waals surface area contributed by atoms with E-state index in [0.29, 0.717) is 30.1 Å². The second kappa shape index (κ2) is 7.55. The predicted molar refractivity (Wildman–Crippen MR) is 107 cm³/mol. The highest BCUT2D eigenvalue weighted by molar-refractivity contribution is 5.25. The molecule has 3 saturated carbocycles. The van der Waals surface area contributed by atoms with E-state index in [-0.39, 0.29) is 23.4 Å². The molecule has 0 amide bonds. The third-order valence-electron chi connectivity index (χ3n) is 9.68. The number of halogens is 3. The van der Waals surface area contributed by atoms with Gasteiger partial charge in [-0.2, -0.15) is 13.2 Å². The average molecular weight is 415 g/mol. The number of hydrogen-bond acceptors (Lipinski definition) is 2. The Hall–Kier alpha value is -0.550. The van der Waals surface area contributed by atoms with Crippen LogP contribution >= 0.6 is 0 Å². The molecule has 0 aromatic heterocycles. The molecule has 5 heteroatoms. The highest BCUT2D eigenvalue weighted by atomic mass is 19.4. The van der Waals surface area contributed by atoms with Crippen molar-refractivity contribution in [2.75, 3.05) is 0 Å². The van der Waals surface area contributed by atoms with Crippen LogP contribution in [0.2, 0.25) is 0 Å². The molecule has 29 heavy (non-hydrogen) atoms. The fraction of sp³-hybridized carbons (Fsp3) is 0.917. The maximum atomic E-state index is 12.6. The molecule has 4 aliphatic carbocycles. The summed E-state index contributed by atoms with van der Waals surface area (Å²) < 4.78 is 37.8. The van der Waals surface area contributed by atoms with Crippen molar-refractivity contribution in [1.29, 1.82) is 0 Å². The topological polar surface area (TPSA) is 40.5 Å². The standard InChI is InChI=1S/C24H37F3O2/c1-22-13-11-20-18(8-6-16-14-17(28)10-12-23(16,20)2)19(22)9-7-15(22)4-3-5-21(29)24(25,26)27/h6,15,17-21,28-29H,3-5,7-14H2,1-2H3. The number of alkyl halides is 3. The zero-order valence-corrected chi connectivity index (χ0v) is 17.8. The van der Waals surface area contributed by atoms with Gasteiger partial charge in [0, 0.05) is 0 Å². The van der Waals surface area contributed by atoms with Crippen molar-refractivity contribution in [3.05, 3.63) is 11.6 Å². The fourth-order valence-electron chi connectivity index (χ4n) is 7.95. The molecule has 8 atom stereocenters. The molecular formula is C24H37F3O2. The Kier molecular flexibility index (Phi) is 5.64. The Bertz CT molecular complexity index is 645. The molecule has 0 saturated heterocycles. The van der Waals surface area contributed by atoms with E-state index in [1.807, 2.05) is 0 Å². The van der Waals surface area contributed by atoms with Crippen molar-refractivity contribution in [2.45, 2.75) is 103 Å². The lowest BCUT2D eigenvalue weighted by atomic mass is 9.47. The quantitative estimate of drug-likeness (QED) is 0.552. The lowest BCUT2D eigenvalue weighted by molar-refractivity contribution is -0.205. The summed E-state index contributed by atoms with van der Waals surface area (Å²) in [6, 6.07) is 0. The Labute approximate surface area is 173 Å². The summed E-state index contributed by atoms with van der Waals surface area (Å²) in [7, 11) is 0. The van der Waals surface area contributed by atoms with E-state index in [2.05, 4.69) is 19.9 Å². The second-order valence-corrected chi connectivity index (χ2v) is 11.0. The monoisotopic (exact) mass is 414 g/mol. The van der Waals surface area contributed by atoms with Crippen LogP contribution in [-0.2, 0) is 0 Å². The van der Waals surface area contributed by atoms with Crippen LogP contribution in [0.1, 0.15) is 84.5 Å². The molecule has 3 fully saturated rings. The normalized spacial score (nSPS) is 45.8. The van der Waals surface area contributed by atoms with Crippen LogP contribution in [0.4, 0.5) is 13.2 Å². The molecule has 0 heterocycles. The van der Waals surface area contributed by atoms with Gasteiger partial charge >= 0.3 is 6.18 Å². The van der Waals surface area contributed by atoms with Crippen LogP contribution in [0.25, 0.3) is 0 Å². The largest absolute Gasteiger partial charge is 0.414 e. The number of rotatable bonds is 4. The lowest BCUT2D eigenvalue weighted by Gasteiger charge is -2.58. The third-order valence-corrected chi connectivity index (χ3v) is 9.68. The molecular weight excluding hydrogens is 377 g/mol. The summed E-state index contributed by atoms with van der Waals surface area (Å²) in [4.78, 5) is 0. The van der Waals surface area contributed by atoms with Crippen LogP contribution in [0, 0.1) is 34.5 Å². The van der Waals surface area contributed by atoms with Crippen molar-refractivity contribution in [3.8, 4) is 0 Å². The minimum atomic E-state index is -4.49. The van der Waals surface area contributed by atoms with Gasteiger partial charge in [-0.15, -0.1) is 0 Å². The van der Waals surface area contributed by atoms with E-state index < -0.39 is 12.3 Å².